The molecule has 1 heterocycles. The highest BCUT2D eigenvalue weighted by Crippen LogP contribution is 2.26. The van der Waals surface area contributed by atoms with Gasteiger partial charge < -0.3 is 9.64 Å². The average Bonchev–Trinajstić information content (AvgIpc) is 2.70. The zero-order valence-electron chi connectivity index (χ0n) is 15.9. The van der Waals surface area contributed by atoms with Gasteiger partial charge in [0.25, 0.3) is 15.9 Å². The maximum atomic E-state index is 12.8. The maximum absolute atomic E-state index is 12.8. The zero-order valence-corrected chi connectivity index (χ0v) is 16.7. The van der Waals surface area contributed by atoms with Crippen molar-refractivity contribution in [3.05, 3.63) is 54.1 Å². The fourth-order valence-electron chi connectivity index (χ4n) is 2.86. The summed E-state index contributed by atoms with van der Waals surface area (Å²) >= 11 is 0. The van der Waals surface area contributed by atoms with E-state index in [0.29, 0.717) is 11.4 Å². The number of methoxy groups -OCH3 is 1. The molecule has 2 N–H and O–H groups in total. The Balaban J connectivity index is 1.75. The van der Waals surface area contributed by atoms with Gasteiger partial charge in [0, 0.05) is 31.7 Å². The molecule has 28 heavy (non-hydrogen) atoms. The van der Waals surface area contributed by atoms with E-state index in [9.17, 15) is 13.2 Å². The van der Waals surface area contributed by atoms with Crippen LogP contribution in [-0.4, -0.2) is 64.6 Å². The minimum Gasteiger partial charge on any atom is -0.495 e. The van der Waals surface area contributed by atoms with Crippen LogP contribution in [0.5, 0.6) is 5.75 Å². The molecule has 150 valence electrons. The standard InChI is InChI=1S/C19H24N4O4S/c1-22-10-12-23(13-11-22)20-19(24)15-6-5-7-16(14-15)28(25,26)21-17-8-3-4-9-18(17)27-2/h3-9,14,21H,10-13H2,1-2H3,(H,20,24). The van der Waals surface area contributed by atoms with Crippen molar-refractivity contribution in [1.82, 2.24) is 15.3 Å². The Hall–Kier alpha value is -2.62. The molecule has 0 spiro atoms. The van der Waals surface area contributed by atoms with Crippen LogP contribution in [-0.2, 0) is 10.0 Å². The van der Waals surface area contributed by atoms with Gasteiger partial charge in [0.1, 0.15) is 5.75 Å². The van der Waals surface area contributed by atoms with Crippen molar-refractivity contribution in [2.45, 2.75) is 4.90 Å². The van der Waals surface area contributed by atoms with E-state index >= 15 is 0 Å². The van der Waals surface area contributed by atoms with Crippen LogP contribution in [0.3, 0.4) is 0 Å². The number of amides is 1. The first kappa shape index (κ1) is 20.1. The first-order valence-corrected chi connectivity index (χ1v) is 10.4. The van der Waals surface area contributed by atoms with Crippen molar-refractivity contribution in [2.24, 2.45) is 0 Å². The van der Waals surface area contributed by atoms with E-state index in [1.165, 1.54) is 19.2 Å². The summed E-state index contributed by atoms with van der Waals surface area (Å²) in [5.41, 5.74) is 3.45. The van der Waals surface area contributed by atoms with E-state index in [1.54, 1.807) is 36.4 Å². The largest absolute Gasteiger partial charge is 0.495 e. The van der Waals surface area contributed by atoms with E-state index in [1.807, 2.05) is 12.1 Å². The lowest BCUT2D eigenvalue weighted by molar-refractivity contribution is 0.0662. The number of hydrogen-bond acceptors (Lipinski definition) is 6. The topological polar surface area (TPSA) is 91.0 Å². The second-order valence-electron chi connectivity index (χ2n) is 6.56. The Kier molecular flexibility index (Phi) is 6.18. The number of carbonyl (C=O) groups excluding carboxylic acids is 1. The highest BCUT2D eigenvalue weighted by atomic mass is 32.2. The first-order chi connectivity index (χ1) is 13.4. The van der Waals surface area contributed by atoms with Crippen molar-refractivity contribution >= 4 is 21.6 Å². The summed E-state index contributed by atoms with van der Waals surface area (Å²) in [6.45, 7) is 3.15. The summed E-state index contributed by atoms with van der Waals surface area (Å²) in [5.74, 6) is 0.0777. The number of piperazine rings is 1. The average molecular weight is 404 g/mol. The third-order valence-corrected chi connectivity index (χ3v) is 5.88. The minimum absolute atomic E-state index is 0.00411. The van der Waals surface area contributed by atoms with Crippen molar-refractivity contribution < 1.29 is 17.9 Å². The number of rotatable bonds is 6. The lowest BCUT2D eigenvalue weighted by atomic mass is 10.2. The zero-order chi connectivity index (χ0) is 20.1. The lowest BCUT2D eigenvalue weighted by Gasteiger charge is -2.32. The first-order valence-electron chi connectivity index (χ1n) is 8.89. The van der Waals surface area contributed by atoms with Crippen LogP contribution in [0, 0.1) is 0 Å². The number of nitrogens with one attached hydrogen (secondary N) is 2. The van der Waals surface area contributed by atoms with E-state index < -0.39 is 10.0 Å². The van der Waals surface area contributed by atoms with Gasteiger partial charge in [0.2, 0.25) is 0 Å². The lowest BCUT2D eigenvalue weighted by Crippen LogP contribution is -2.52. The number of sulfonamides is 1. The molecule has 2 aromatic rings. The second-order valence-corrected chi connectivity index (χ2v) is 8.25. The van der Waals surface area contributed by atoms with Gasteiger partial charge in [-0.2, -0.15) is 0 Å². The van der Waals surface area contributed by atoms with E-state index in [-0.39, 0.29) is 16.4 Å². The quantitative estimate of drug-likeness (QED) is 0.756. The number of likely N-dealkylation sites (N-methyl/N-ethyl adjacent to an activating group) is 1. The Morgan fingerprint density at radius 3 is 2.46 bits per heavy atom. The van der Waals surface area contributed by atoms with Crippen LogP contribution in [0.25, 0.3) is 0 Å². The van der Waals surface area contributed by atoms with Crippen LogP contribution < -0.4 is 14.9 Å². The third-order valence-electron chi connectivity index (χ3n) is 4.52. The van der Waals surface area contributed by atoms with Crippen LogP contribution >= 0.6 is 0 Å². The van der Waals surface area contributed by atoms with Gasteiger partial charge in [-0.15, -0.1) is 0 Å². The molecule has 3 rings (SSSR count). The maximum Gasteiger partial charge on any atom is 0.265 e. The Morgan fingerprint density at radius 1 is 1.04 bits per heavy atom. The molecule has 0 unspecified atom stereocenters. The summed E-state index contributed by atoms with van der Waals surface area (Å²) in [5, 5.41) is 1.84. The molecule has 1 saturated heterocycles. The molecule has 0 bridgehead atoms. The van der Waals surface area contributed by atoms with Crippen LogP contribution in [0.1, 0.15) is 10.4 Å². The molecule has 0 atom stereocenters. The van der Waals surface area contributed by atoms with Crippen molar-refractivity contribution in [1.29, 1.82) is 0 Å². The fraction of sp³-hybridized carbons (Fsp3) is 0.316. The number of anilines is 1. The smallest absolute Gasteiger partial charge is 0.265 e. The normalized spacial score (nSPS) is 15.8. The van der Waals surface area contributed by atoms with Gasteiger partial charge in [-0.1, -0.05) is 18.2 Å². The Morgan fingerprint density at radius 2 is 1.75 bits per heavy atom. The highest BCUT2D eigenvalue weighted by Gasteiger charge is 2.20. The summed E-state index contributed by atoms with van der Waals surface area (Å²) < 4.78 is 33.2. The van der Waals surface area contributed by atoms with E-state index in [4.69, 9.17) is 4.74 Å². The van der Waals surface area contributed by atoms with Crippen LogP contribution in [0.4, 0.5) is 5.69 Å². The number of benzene rings is 2. The molecular weight excluding hydrogens is 380 g/mol. The number of hydrogen-bond donors (Lipinski definition) is 2. The number of ether oxygens (including phenoxy) is 1. The molecule has 1 aliphatic heterocycles. The Bertz CT molecular complexity index is 940. The molecule has 0 radical (unpaired) electrons. The van der Waals surface area contributed by atoms with Crippen molar-refractivity contribution in [2.75, 3.05) is 45.1 Å². The molecule has 0 saturated carbocycles. The molecular formula is C19H24N4O4S. The Labute approximate surface area is 165 Å². The predicted molar refractivity (Wildman–Crippen MR) is 107 cm³/mol. The molecule has 0 aromatic heterocycles. The third kappa shape index (κ3) is 4.80. The van der Waals surface area contributed by atoms with Gasteiger partial charge in [0.05, 0.1) is 17.7 Å². The van der Waals surface area contributed by atoms with Gasteiger partial charge >= 0.3 is 0 Å². The second kappa shape index (κ2) is 8.59. The SMILES string of the molecule is COc1ccccc1NS(=O)(=O)c1cccc(C(=O)NN2CCN(C)CC2)c1. The molecule has 0 aliphatic carbocycles. The number of para-hydroxylation sites is 2. The number of carbonyl (C=O) groups is 1. The summed E-state index contributed by atoms with van der Waals surface area (Å²) in [4.78, 5) is 14.7. The van der Waals surface area contributed by atoms with Crippen LogP contribution in [0.2, 0.25) is 0 Å². The highest BCUT2D eigenvalue weighted by molar-refractivity contribution is 7.92. The van der Waals surface area contributed by atoms with Crippen LogP contribution in [0.15, 0.2) is 53.4 Å². The van der Waals surface area contributed by atoms with Gasteiger partial charge in [-0.3, -0.25) is 14.9 Å². The predicted octanol–water partition coefficient (Wildman–Crippen LogP) is 1.39. The van der Waals surface area contributed by atoms with Gasteiger partial charge in [-0.25, -0.2) is 13.4 Å². The van der Waals surface area contributed by atoms with Crippen molar-refractivity contribution in [3.8, 4) is 5.75 Å². The number of nitrogens with zero attached hydrogens (tertiary/aromatic N) is 2. The summed E-state index contributed by atoms with van der Waals surface area (Å²) in [6, 6.07) is 12.7. The fourth-order valence-corrected chi connectivity index (χ4v) is 3.98. The summed E-state index contributed by atoms with van der Waals surface area (Å²) in [7, 11) is -0.374. The molecule has 1 amide bonds. The minimum atomic E-state index is -3.87. The molecule has 8 nitrogen and oxygen atoms in total. The molecule has 1 aliphatic rings. The monoisotopic (exact) mass is 404 g/mol. The van der Waals surface area contributed by atoms with Gasteiger partial charge in [-0.05, 0) is 37.4 Å². The van der Waals surface area contributed by atoms with Gasteiger partial charge in [0.15, 0.2) is 0 Å². The molecule has 9 heteroatoms. The molecule has 1 fully saturated rings. The van der Waals surface area contributed by atoms with Crippen molar-refractivity contribution in [3.63, 3.8) is 0 Å². The summed E-state index contributed by atoms with van der Waals surface area (Å²) in [6.07, 6.45) is 0. The number of hydrazine groups is 1. The van der Waals surface area contributed by atoms with E-state index in [2.05, 4.69) is 15.0 Å². The van der Waals surface area contributed by atoms with E-state index in [0.717, 1.165) is 26.2 Å². The molecule has 2 aromatic carbocycles.